The maximum atomic E-state index is 13.2. The van der Waals surface area contributed by atoms with Crippen LogP contribution in [0.15, 0.2) is 169 Å². The average molecular weight is 1040 g/mol. The Hall–Kier alpha value is -9.09. The number of esters is 7. The minimum Gasteiger partial charge on any atom is -0.465 e. The zero-order chi connectivity index (χ0) is 53.5. The summed E-state index contributed by atoms with van der Waals surface area (Å²) in [4.78, 5) is 89.4. The van der Waals surface area contributed by atoms with Crippen LogP contribution in [-0.2, 0) is 28.5 Å². The summed E-state index contributed by atoms with van der Waals surface area (Å²) in [6.45, 7) is 7.37. The van der Waals surface area contributed by atoms with Crippen molar-refractivity contribution in [1.82, 2.24) is 0 Å². The van der Waals surface area contributed by atoms with Crippen LogP contribution in [0.4, 0.5) is 0 Å². The smallest absolute Gasteiger partial charge is 0.343 e. The molecule has 0 bridgehead atoms. The van der Waals surface area contributed by atoms with Gasteiger partial charge in [-0.05, 0) is 146 Å². The van der Waals surface area contributed by atoms with E-state index >= 15 is 0 Å². The summed E-state index contributed by atoms with van der Waals surface area (Å²) >= 11 is 3.23. The van der Waals surface area contributed by atoms with Crippen LogP contribution in [0.2, 0.25) is 0 Å². The fraction of sp³-hybridized carbons (Fsp3) is 0.136. The summed E-state index contributed by atoms with van der Waals surface area (Å²) in [5.41, 5.74) is 2.60. The first kappa shape index (κ1) is 55.2. The highest BCUT2D eigenvalue weighted by Crippen LogP contribution is 2.26. The van der Waals surface area contributed by atoms with Crippen molar-refractivity contribution in [2.24, 2.45) is 0 Å². The zero-order valence-corrected chi connectivity index (χ0v) is 42.2. The molecule has 0 fully saturated rings. The summed E-state index contributed by atoms with van der Waals surface area (Å²) in [6, 6.07) is 35.2. The largest absolute Gasteiger partial charge is 0.465 e. The SMILES string of the molecule is C=CC(=O)OCCCSc1ccc(C#Cc2ccc(OC(=O)c3ccc(OC(=O)c4ccc(C(=O)Oc5ccc(C#Cc6ccc(SCCCOC(=O)C=C)cc6)cc5C(=O)OC)cc4)cc3)c(C(=O)OC)c2)cc1. The maximum absolute atomic E-state index is 13.2. The second-order valence-electron chi connectivity index (χ2n) is 15.4. The summed E-state index contributed by atoms with van der Waals surface area (Å²) in [7, 11) is 2.40. The van der Waals surface area contributed by atoms with Crippen molar-refractivity contribution >= 4 is 65.3 Å². The Labute approximate surface area is 441 Å². The van der Waals surface area contributed by atoms with Crippen molar-refractivity contribution in [2.45, 2.75) is 22.6 Å². The Morgan fingerprint density at radius 2 is 0.787 bits per heavy atom. The molecule has 0 saturated carbocycles. The second kappa shape index (κ2) is 28.2. The fourth-order valence-electron chi connectivity index (χ4n) is 6.34. The molecule has 75 heavy (non-hydrogen) atoms. The van der Waals surface area contributed by atoms with Crippen molar-refractivity contribution in [1.29, 1.82) is 0 Å². The molecule has 0 aliphatic carbocycles. The lowest BCUT2D eigenvalue weighted by molar-refractivity contribution is -0.138. The molecule has 0 spiro atoms. The van der Waals surface area contributed by atoms with Gasteiger partial charge in [0.25, 0.3) is 0 Å². The van der Waals surface area contributed by atoms with Gasteiger partial charge in [-0.15, -0.1) is 23.5 Å². The molecule has 6 aromatic carbocycles. The first-order valence-electron chi connectivity index (χ1n) is 22.8. The van der Waals surface area contributed by atoms with Crippen molar-refractivity contribution in [3.63, 3.8) is 0 Å². The molecular formula is C59H46O14S2. The number of carbonyl (C=O) groups excluding carboxylic acids is 7. The number of thioether (sulfide) groups is 2. The molecule has 6 aromatic rings. The van der Waals surface area contributed by atoms with Gasteiger partial charge in [-0.2, -0.15) is 0 Å². The van der Waals surface area contributed by atoms with Gasteiger partial charge in [-0.25, -0.2) is 33.6 Å². The number of benzene rings is 6. The molecule has 0 N–H and O–H groups in total. The van der Waals surface area contributed by atoms with Crippen LogP contribution in [0.3, 0.4) is 0 Å². The first-order valence-corrected chi connectivity index (χ1v) is 24.7. The van der Waals surface area contributed by atoms with Gasteiger partial charge in [0, 0.05) is 55.7 Å². The van der Waals surface area contributed by atoms with E-state index in [1.807, 2.05) is 48.5 Å². The molecular weight excluding hydrogens is 997 g/mol. The number of hydrogen-bond donors (Lipinski definition) is 0. The Kier molecular flexibility index (Phi) is 20.8. The zero-order valence-electron chi connectivity index (χ0n) is 40.5. The minimum absolute atomic E-state index is 0.0231. The maximum Gasteiger partial charge on any atom is 0.343 e. The topological polar surface area (TPSA) is 184 Å². The molecule has 0 heterocycles. The van der Waals surface area contributed by atoms with Crippen LogP contribution in [0.25, 0.3) is 0 Å². The van der Waals surface area contributed by atoms with Crippen LogP contribution >= 0.6 is 23.5 Å². The van der Waals surface area contributed by atoms with Gasteiger partial charge < -0.3 is 33.2 Å². The summed E-state index contributed by atoms with van der Waals surface area (Å²) in [5.74, 6) is 8.87. The van der Waals surface area contributed by atoms with Gasteiger partial charge in [0.1, 0.15) is 28.4 Å². The molecule has 0 aliphatic heterocycles. The third-order valence-corrected chi connectivity index (χ3v) is 12.4. The molecule has 0 unspecified atom stereocenters. The lowest BCUT2D eigenvalue weighted by Gasteiger charge is -2.10. The first-order chi connectivity index (χ1) is 36.3. The van der Waals surface area contributed by atoms with Crippen molar-refractivity contribution < 1.29 is 66.7 Å². The van der Waals surface area contributed by atoms with E-state index in [2.05, 4.69) is 36.8 Å². The van der Waals surface area contributed by atoms with Crippen LogP contribution in [0.1, 0.15) is 86.9 Å². The number of rotatable bonds is 20. The van der Waals surface area contributed by atoms with E-state index in [4.69, 9.17) is 33.2 Å². The van der Waals surface area contributed by atoms with Gasteiger partial charge in [0.05, 0.1) is 44.1 Å². The van der Waals surface area contributed by atoms with Gasteiger partial charge in [-0.3, -0.25) is 0 Å². The minimum atomic E-state index is -0.811. The Balaban J connectivity index is 1.00. The highest BCUT2D eigenvalue weighted by atomic mass is 32.2. The van der Waals surface area contributed by atoms with Crippen molar-refractivity contribution in [3.05, 3.63) is 209 Å². The summed E-state index contributed by atoms with van der Waals surface area (Å²) < 4.78 is 36.5. The molecule has 6 rings (SSSR count). The van der Waals surface area contributed by atoms with E-state index in [0.717, 1.165) is 44.6 Å². The molecule has 0 radical (unpaired) electrons. The molecule has 0 atom stereocenters. The lowest BCUT2D eigenvalue weighted by atomic mass is 10.1. The van der Waals surface area contributed by atoms with E-state index in [9.17, 15) is 33.6 Å². The van der Waals surface area contributed by atoms with Gasteiger partial charge in [0.15, 0.2) is 0 Å². The highest BCUT2D eigenvalue weighted by molar-refractivity contribution is 7.99. The summed E-state index contributed by atoms with van der Waals surface area (Å²) in [6.07, 6.45) is 3.64. The third kappa shape index (κ3) is 17.0. The van der Waals surface area contributed by atoms with Crippen LogP contribution in [0.5, 0.6) is 17.2 Å². The molecule has 0 aromatic heterocycles. The number of methoxy groups -OCH3 is 2. The number of hydrogen-bond acceptors (Lipinski definition) is 16. The van der Waals surface area contributed by atoms with E-state index in [1.54, 1.807) is 35.7 Å². The number of ether oxygens (including phenoxy) is 7. The van der Waals surface area contributed by atoms with E-state index < -0.39 is 41.8 Å². The molecule has 14 nitrogen and oxygen atoms in total. The predicted molar refractivity (Wildman–Crippen MR) is 281 cm³/mol. The lowest BCUT2D eigenvalue weighted by Crippen LogP contribution is -2.14. The van der Waals surface area contributed by atoms with Gasteiger partial charge in [-0.1, -0.05) is 36.8 Å². The van der Waals surface area contributed by atoms with E-state index in [1.165, 1.54) is 87.0 Å². The van der Waals surface area contributed by atoms with Crippen LogP contribution in [0, 0.1) is 23.7 Å². The van der Waals surface area contributed by atoms with Crippen molar-refractivity contribution in [3.8, 4) is 40.9 Å². The summed E-state index contributed by atoms with van der Waals surface area (Å²) in [5, 5.41) is 0. The predicted octanol–water partition coefficient (Wildman–Crippen LogP) is 10.1. The van der Waals surface area contributed by atoms with Gasteiger partial charge in [0.2, 0.25) is 0 Å². The van der Waals surface area contributed by atoms with E-state index in [0.29, 0.717) is 37.2 Å². The average Bonchev–Trinajstić information content (AvgIpc) is 3.44. The Bertz CT molecular complexity index is 3210. The standard InChI is InChI=1S/C59H46O14S2/c1-5-53(60)69-33-7-35-74-47-27-13-39(14-28-47)9-11-41-17-31-51(49(37-41)58(65)67-3)72-56(63)44-21-19-43(20-22-44)55(62)71-46-25-23-45(24-26-46)57(64)73-52-32-18-42(38-50(52)59(66)68-4)12-10-40-15-29-48(30-16-40)75-36-8-34-70-54(61)6-2/h5-6,13-32,37-38H,1-2,7-8,33-36H2,3-4H3. The van der Waals surface area contributed by atoms with Crippen LogP contribution in [-0.4, -0.2) is 80.7 Å². The van der Waals surface area contributed by atoms with Gasteiger partial charge >= 0.3 is 41.8 Å². The Morgan fingerprint density at radius 3 is 1.16 bits per heavy atom. The van der Waals surface area contributed by atoms with Crippen LogP contribution < -0.4 is 14.2 Å². The second-order valence-corrected chi connectivity index (χ2v) is 17.7. The Morgan fingerprint density at radius 1 is 0.440 bits per heavy atom. The third-order valence-electron chi connectivity index (χ3n) is 10.2. The molecule has 0 saturated heterocycles. The quantitative estimate of drug-likeness (QED) is 0.0134. The highest BCUT2D eigenvalue weighted by Gasteiger charge is 2.21. The number of carbonyl (C=O) groups is 7. The fourth-order valence-corrected chi connectivity index (χ4v) is 7.99. The van der Waals surface area contributed by atoms with Crippen molar-refractivity contribution in [2.75, 3.05) is 38.9 Å². The molecule has 378 valence electrons. The van der Waals surface area contributed by atoms with E-state index in [-0.39, 0.29) is 45.1 Å². The molecule has 16 heteroatoms. The monoisotopic (exact) mass is 1040 g/mol. The molecule has 0 aliphatic rings. The normalized spacial score (nSPS) is 10.2. The molecule has 0 amide bonds.